The lowest BCUT2D eigenvalue weighted by atomic mass is 9.96. The van der Waals surface area contributed by atoms with E-state index in [0.717, 1.165) is 10.7 Å². The van der Waals surface area contributed by atoms with Gasteiger partial charge in [-0.05, 0) is 41.5 Å². The molecule has 28 heavy (non-hydrogen) atoms. The third-order valence-corrected chi connectivity index (χ3v) is 4.64. The second-order valence-electron chi connectivity index (χ2n) is 5.73. The van der Waals surface area contributed by atoms with E-state index in [9.17, 15) is 18.0 Å². The van der Waals surface area contributed by atoms with Crippen LogP contribution in [0.15, 0.2) is 36.4 Å². The van der Waals surface area contributed by atoms with E-state index in [1.807, 2.05) is 0 Å². The maximum absolute atomic E-state index is 14.0. The lowest BCUT2D eigenvalue weighted by Gasteiger charge is -2.13. The molecular weight excluding hydrogens is 418 g/mol. The monoisotopic (exact) mass is 429 g/mol. The molecule has 2 aromatic carbocycles. The highest BCUT2D eigenvalue weighted by Gasteiger charge is 2.28. The highest BCUT2D eigenvalue weighted by molar-refractivity contribution is 6.42. The molecule has 0 radical (unpaired) electrons. The highest BCUT2D eigenvalue weighted by atomic mass is 35.5. The van der Waals surface area contributed by atoms with Gasteiger partial charge in [0.15, 0.2) is 11.4 Å². The van der Waals surface area contributed by atoms with Gasteiger partial charge >= 0.3 is 6.09 Å². The molecular formula is C18H12Cl2F3N3O2. The lowest BCUT2D eigenvalue weighted by molar-refractivity contribution is 0.141. The summed E-state index contributed by atoms with van der Waals surface area (Å²) in [6, 6.07) is 8.29. The number of carbonyl (C=O) groups is 1. The third-order valence-electron chi connectivity index (χ3n) is 3.91. The normalized spacial score (nSPS) is 11.1. The zero-order chi connectivity index (χ0) is 20.6. The van der Waals surface area contributed by atoms with Crippen LogP contribution in [-0.2, 0) is 7.05 Å². The average Bonchev–Trinajstić information content (AvgIpc) is 2.93. The Morgan fingerprint density at radius 3 is 2.46 bits per heavy atom. The van der Waals surface area contributed by atoms with E-state index in [1.165, 1.54) is 31.3 Å². The fourth-order valence-electron chi connectivity index (χ4n) is 2.79. The van der Waals surface area contributed by atoms with Crippen molar-refractivity contribution in [2.45, 2.75) is 6.43 Å². The first-order valence-electron chi connectivity index (χ1n) is 7.76. The molecule has 0 saturated heterocycles. The van der Waals surface area contributed by atoms with Crippen molar-refractivity contribution in [3.63, 3.8) is 0 Å². The van der Waals surface area contributed by atoms with E-state index >= 15 is 0 Å². The molecule has 0 bridgehead atoms. The minimum Gasteiger partial charge on any atom is -0.406 e. The molecule has 0 aliphatic rings. The minimum atomic E-state index is -3.02. The SMILES string of the molecule is Cn1nc(C(F)F)c(OC(N)=O)c1-c1ccc(F)cc1-c1ccc(Cl)c(Cl)c1. The number of carbonyl (C=O) groups excluding carboxylic acids is 1. The van der Waals surface area contributed by atoms with Crippen LogP contribution in [0.2, 0.25) is 10.0 Å². The van der Waals surface area contributed by atoms with Gasteiger partial charge in [-0.1, -0.05) is 29.3 Å². The van der Waals surface area contributed by atoms with Gasteiger partial charge in [0.1, 0.15) is 11.5 Å². The molecule has 3 aromatic rings. The molecule has 0 spiro atoms. The number of aryl methyl sites for hydroxylation is 1. The van der Waals surface area contributed by atoms with Crippen LogP contribution in [0.25, 0.3) is 22.4 Å². The molecule has 1 amide bonds. The molecule has 1 heterocycles. The Hall–Kier alpha value is -2.71. The maximum atomic E-state index is 14.0. The standard InChI is InChI=1S/C18H12Cl2F3N3O2/c1-26-15(16(28-18(24)27)14(25-26)17(22)23)10-4-3-9(21)7-11(10)8-2-5-12(19)13(20)6-8/h2-7,17H,1H3,(H2,24,27). The Bertz CT molecular complexity index is 1070. The summed E-state index contributed by atoms with van der Waals surface area (Å²) in [5.41, 5.74) is 5.33. The molecule has 0 aliphatic carbocycles. The number of rotatable bonds is 4. The number of amides is 1. The maximum Gasteiger partial charge on any atom is 0.410 e. The molecule has 0 unspecified atom stereocenters. The Labute approximate surface area is 167 Å². The summed E-state index contributed by atoms with van der Waals surface area (Å²) in [5, 5.41) is 4.24. The van der Waals surface area contributed by atoms with E-state index < -0.39 is 29.8 Å². The van der Waals surface area contributed by atoms with Crippen LogP contribution in [0.5, 0.6) is 5.75 Å². The number of alkyl halides is 2. The molecule has 0 atom stereocenters. The fourth-order valence-corrected chi connectivity index (χ4v) is 3.09. The van der Waals surface area contributed by atoms with Gasteiger partial charge in [-0.2, -0.15) is 5.10 Å². The molecule has 2 N–H and O–H groups in total. The Morgan fingerprint density at radius 1 is 1.14 bits per heavy atom. The van der Waals surface area contributed by atoms with E-state index in [1.54, 1.807) is 6.07 Å². The summed E-state index contributed by atoms with van der Waals surface area (Å²) in [5.74, 6) is -1.07. The molecule has 0 saturated carbocycles. The van der Waals surface area contributed by atoms with Gasteiger partial charge in [0.05, 0.1) is 10.0 Å². The first kappa shape index (κ1) is 20.0. The van der Waals surface area contributed by atoms with Crippen LogP contribution in [0, 0.1) is 5.82 Å². The zero-order valence-corrected chi connectivity index (χ0v) is 15.7. The van der Waals surface area contributed by atoms with Crippen LogP contribution in [0.1, 0.15) is 12.1 Å². The third kappa shape index (κ3) is 3.79. The number of aromatic nitrogens is 2. The summed E-state index contributed by atoms with van der Waals surface area (Å²) in [4.78, 5) is 11.3. The molecule has 0 aliphatic heterocycles. The zero-order valence-electron chi connectivity index (χ0n) is 14.2. The van der Waals surface area contributed by atoms with E-state index in [-0.39, 0.29) is 16.3 Å². The van der Waals surface area contributed by atoms with Gasteiger partial charge in [-0.15, -0.1) is 0 Å². The quantitative estimate of drug-likeness (QED) is 0.586. The van der Waals surface area contributed by atoms with Crippen LogP contribution in [-0.4, -0.2) is 15.9 Å². The topological polar surface area (TPSA) is 70.1 Å². The smallest absolute Gasteiger partial charge is 0.406 e. The number of nitrogens with zero attached hydrogens (tertiary/aromatic N) is 2. The first-order chi connectivity index (χ1) is 13.2. The van der Waals surface area contributed by atoms with Crippen molar-refractivity contribution in [2.24, 2.45) is 12.8 Å². The molecule has 10 heteroatoms. The number of hydrogen-bond donors (Lipinski definition) is 1. The number of hydrogen-bond acceptors (Lipinski definition) is 3. The Morgan fingerprint density at radius 2 is 1.86 bits per heavy atom. The number of ether oxygens (including phenoxy) is 1. The van der Waals surface area contributed by atoms with Gasteiger partial charge in [-0.25, -0.2) is 18.0 Å². The summed E-state index contributed by atoms with van der Waals surface area (Å²) >= 11 is 12.0. The predicted molar refractivity (Wildman–Crippen MR) is 99.2 cm³/mol. The molecule has 0 fully saturated rings. The molecule has 146 valence electrons. The van der Waals surface area contributed by atoms with Crippen LogP contribution in [0.4, 0.5) is 18.0 Å². The summed E-state index contributed by atoms with van der Waals surface area (Å²) in [7, 11) is 1.39. The summed E-state index contributed by atoms with van der Waals surface area (Å²) < 4.78 is 46.6. The fraction of sp³-hybridized carbons (Fsp3) is 0.111. The van der Waals surface area contributed by atoms with Crippen LogP contribution < -0.4 is 10.5 Å². The minimum absolute atomic E-state index is 0.0233. The van der Waals surface area contributed by atoms with E-state index in [0.29, 0.717) is 16.1 Å². The van der Waals surface area contributed by atoms with Gasteiger partial charge in [0, 0.05) is 12.6 Å². The van der Waals surface area contributed by atoms with Crippen molar-refractivity contribution in [3.05, 3.63) is 58.0 Å². The lowest BCUT2D eigenvalue weighted by Crippen LogP contribution is -2.17. The number of halogens is 5. The van der Waals surface area contributed by atoms with Crippen molar-refractivity contribution in [1.29, 1.82) is 0 Å². The predicted octanol–water partition coefficient (Wildman–Crippen LogP) is 5.60. The molecule has 5 nitrogen and oxygen atoms in total. The van der Waals surface area contributed by atoms with Gasteiger partial charge in [0.2, 0.25) is 0 Å². The average molecular weight is 430 g/mol. The number of nitrogens with two attached hydrogens (primary N) is 1. The van der Waals surface area contributed by atoms with Gasteiger partial charge in [-0.3, -0.25) is 4.68 Å². The second-order valence-corrected chi connectivity index (χ2v) is 6.54. The highest BCUT2D eigenvalue weighted by Crippen LogP contribution is 2.42. The first-order valence-corrected chi connectivity index (χ1v) is 8.52. The largest absolute Gasteiger partial charge is 0.410 e. The van der Waals surface area contributed by atoms with E-state index in [4.69, 9.17) is 33.7 Å². The second kappa shape index (κ2) is 7.73. The summed E-state index contributed by atoms with van der Waals surface area (Å²) in [6.07, 6.45) is -4.31. The molecule has 1 aromatic heterocycles. The van der Waals surface area contributed by atoms with Gasteiger partial charge < -0.3 is 10.5 Å². The van der Waals surface area contributed by atoms with Crippen LogP contribution in [0.3, 0.4) is 0 Å². The summed E-state index contributed by atoms with van der Waals surface area (Å²) in [6.45, 7) is 0. The van der Waals surface area contributed by atoms with Crippen molar-refractivity contribution >= 4 is 29.3 Å². The number of benzene rings is 2. The molecule has 3 rings (SSSR count). The van der Waals surface area contributed by atoms with Crippen molar-refractivity contribution < 1.29 is 22.7 Å². The van der Waals surface area contributed by atoms with Crippen molar-refractivity contribution in [2.75, 3.05) is 0 Å². The van der Waals surface area contributed by atoms with E-state index in [2.05, 4.69) is 5.10 Å². The number of primary amides is 1. The Kier molecular flexibility index (Phi) is 5.53. The Balaban J connectivity index is 2.30. The van der Waals surface area contributed by atoms with Gasteiger partial charge in [0.25, 0.3) is 6.43 Å². The van der Waals surface area contributed by atoms with Crippen LogP contribution >= 0.6 is 23.2 Å². The van der Waals surface area contributed by atoms with Crippen molar-refractivity contribution in [3.8, 4) is 28.1 Å². The van der Waals surface area contributed by atoms with Crippen molar-refractivity contribution in [1.82, 2.24) is 9.78 Å².